The van der Waals surface area contributed by atoms with E-state index in [4.69, 9.17) is 4.42 Å². The molecule has 0 saturated carbocycles. The van der Waals surface area contributed by atoms with Gasteiger partial charge < -0.3 is 4.42 Å². The summed E-state index contributed by atoms with van der Waals surface area (Å²) in [5, 5.41) is 1.26. The van der Waals surface area contributed by atoms with Crippen LogP contribution >= 0.6 is 11.8 Å². The Morgan fingerprint density at radius 3 is 2.71 bits per heavy atom. The van der Waals surface area contributed by atoms with E-state index >= 15 is 0 Å². The highest BCUT2D eigenvalue weighted by atomic mass is 32.2. The topological polar surface area (TPSA) is 76.7 Å². The minimum atomic E-state index is -3.64. The maximum absolute atomic E-state index is 12.1. The van der Waals surface area contributed by atoms with Crippen LogP contribution in [0.15, 0.2) is 71.9 Å². The van der Waals surface area contributed by atoms with Gasteiger partial charge in [0.25, 0.3) is 10.0 Å². The molecule has 2 aromatic carbocycles. The summed E-state index contributed by atoms with van der Waals surface area (Å²) in [6, 6.07) is 13.6. The van der Waals surface area contributed by atoms with Crippen LogP contribution in [0, 0.1) is 6.92 Å². The first-order valence-corrected chi connectivity index (χ1v) is 9.36. The van der Waals surface area contributed by atoms with Crippen molar-refractivity contribution in [3.63, 3.8) is 0 Å². The summed E-state index contributed by atoms with van der Waals surface area (Å²) in [4.78, 5) is 12.5. The summed E-state index contributed by atoms with van der Waals surface area (Å²) in [6.07, 6.45) is 0. The van der Waals surface area contributed by atoms with Crippen LogP contribution in [0.25, 0.3) is 11.0 Å². The lowest BCUT2D eigenvalue weighted by molar-refractivity contribution is 0.559. The lowest BCUT2D eigenvalue weighted by Gasteiger charge is -2.05. The Kier molecular flexibility index (Phi) is 3.36. The molecule has 2 heterocycles. The Hall–Kier alpha value is -2.38. The molecule has 1 aromatic heterocycles. The van der Waals surface area contributed by atoms with Gasteiger partial charge >= 0.3 is 5.63 Å². The number of thioether (sulfide) groups is 1. The Labute approximate surface area is 142 Å². The SMILES string of the molecule is Cc1cc(=O)oc2cc(SC3=NS(=O)(=O)c4ccccc43)ccc12. The summed E-state index contributed by atoms with van der Waals surface area (Å²) in [7, 11) is -3.64. The Morgan fingerprint density at radius 1 is 1.08 bits per heavy atom. The smallest absolute Gasteiger partial charge is 0.336 e. The zero-order chi connectivity index (χ0) is 16.9. The van der Waals surface area contributed by atoms with Crippen LogP contribution < -0.4 is 5.63 Å². The maximum Gasteiger partial charge on any atom is 0.336 e. The average Bonchev–Trinajstić information content (AvgIpc) is 2.78. The van der Waals surface area contributed by atoms with Gasteiger partial charge in [-0.2, -0.15) is 12.8 Å². The van der Waals surface area contributed by atoms with Crippen LogP contribution in [0.4, 0.5) is 0 Å². The molecule has 0 aliphatic carbocycles. The highest BCUT2D eigenvalue weighted by molar-refractivity contribution is 8.15. The Morgan fingerprint density at radius 2 is 1.88 bits per heavy atom. The molecule has 120 valence electrons. The number of sulfonamides is 1. The number of rotatable bonds is 1. The molecule has 0 unspecified atom stereocenters. The van der Waals surface area contributed by atoms with Crippen molar-refractivity contribution in [2.45, 2.75) is 16.7 Å². The van der Waals surface area contributed by atoms with Gasteiger partial charge in [-0.25, -0.2) is 4.79 Å². The van der Waals surface area contributed by atoms with Crippen molar-refractivity contribution in [1.82, 2.24) is 0 Å². The Balaban J connectivity index is 1.80. The summed E-state index contributed by atoms with van der Waals surface area (Å²) in [5.74, 6) is 0. The normalized spacial score (nSPS) is 15.3. The van der Waals surface area contributed by atoms with Gasteiger partial charge in [0.15, 0.2) is 0 Å². The standard InChI is InChI=1S/C17H11NO4S2/c1-10-8-16(19)22-14-9-11(6-7-12(10)14)23-17-13-4-2-3-5-15(13)24(20,21)18-17/h2-9H,1H3. The van der Waals surface area contributed by atoms with Crippen LogP contribution in [-0.4, -0.2) is 13.5 Å². The number of hydrogen-bond acceptors (Lipinski definition) is 5. The first-order valence-electron chi connectivity index (χ1n) is 7.11. The predicted octanol–water partition coefficient (Wildman–Crippen LogP) is 3.34. The number of aryl methyl sites for hydroxylation is 1. The van der Waals surface area contributed by atoms with E-state index in [1.54, 1.807) is 30.3 Å². The van der Waals surface area contributed by atoms with Gasteiger partial charge in [0, 0.05) is 21.9 Å². The molecule has 0 radical (unpaired) electrons. The molecule has 0 amide bonds. The highest BCUT2D eigenvalue weighted by Crippen LogP contribution is 2.35. The largest absolute Gasteiger partial charge is 0.423 e. The van der Waals surface area contributed by atoms with Gasteiger partial charge in [0.05, 0.1) is 4.90 Å². The van der Waals surface area contributed by atoms with E-state index in [1.807, 2.05) is 19.1 Å². The third-order valence-electron chi connectivity index (χ3n) is 3.74. The van der Waals surface area contributed by atoms with Gasteiger partial charge in [-0.3, -0.25) is 0 Å². The first kappa shape index (κ1) is 15.2. The van der Waals surface area contributed by atoms with Crippen molar-refractivity contribution in [2.24, 2.45) is 4.40 Å². The van der Waals surface area contributed by atoms with Crippen molar-refractivity contribution < 1.29 is 12.8 Å². The van der Waals surface area contributed by atoms with E-state index < -0.39 is 15.6 Å². The Bertz CT molecular complexity index is 1180. The van der Waals surface area contributed by atoms with E-state index in [1.165, 1.54) is 17.8 Å². The molecular formula is C17H11NO4S2. The van der Waals surface area contributed by atoms with E-state index in [-0.39, 0.29) is 4.90 Å². The fourth-order valence-corrected chi connectivity index (χ4v) is 5.06. The second-order valence-electron chi connectivity index (χ2n) is 5.38. The lowest BCUT2D eigenvalue weighted by Crippen LogP contribution is -1.98. The number of hydrogen-bond donors (Lipinski definition) is 0. The van der Waals surface area contributed by atoms with Gasteiger partial charge in [0.1, 0.15) is 10.6 Å². The predicted molar refractivity (Wildman–Crippen MR) is 93.2 cm³/mol. The molecule has 0 saturated heterocycles. The third-order valence-corrected chi connectivity index (χ3v) is 6.18. The van der Waals surface area contributed by atoms with Gasteiger partial charge in [-0.15, -0.1) is 0 Å². The zero-order valence-electron chi connectivity index (χ0n) is 12.5. The van der Waals surface area contributed by atoms with Crippen LogP contribution in [0.2, 0.25) is 0 Å². The molecule has 1 aliphatic rings. The van der Waals surface area contributed by atoms with Gasteiger partial charge in [-0.1, -0.05) is 30.0 Å². The average molecular weight is 357 g/mol. The molecule has 4 rings (SSSR count). The minimum absolute atomic E-state index is 0.218. The molecule has 0 spiro atoms. The maximum atomic E-state index is 12.1. The number of nitrogens with zero attached hydrogens (tertiary/aromatic N) is 1. The van der Waals surface area contributed by atoms with Crippen LogP contribution in [0.3, 0.4) is 0 Å². The van der Waals surface area contributed by atoms with Crippen molar-refractivity contribution in [3.8, 4) is 0 Å². The molecule has 1 aliphatic heterocycles. The molecule has 3 aromatic rings. The quantitative estimate of drug-likeness (QED) is 0.624. The molecule has 24 heavy (non-hydrogen) atoms. The summed E-state index contributed by atoms with van der Waals surface area (Å²) >= 11 is 1.23. The lowest BCUT2D eigenvalue weighted by atomic mass is 10.1. The third kappa shape index (κ3) is 2.46. The summed E-state index contributed by atoms with van der Waals surface area (Å²) in [5.41, 5.74) is 1.49. The highest BCUT2D eigenvalue weighted by Gasteiger charge is 2.28. The van der Waals surface area contributed by atoms with Gasteiger partial charge in [0.2, 0.25) is 0 Å². The molecule has 0 fully saturated rings. The van der Waals surface area contributed by atoms with E-state index in [0.29, 0.717) is 16.2 Å². The van der Waals surface area contributed by atoms with E-state index in [2.05, 4.69) is 4.40 Å². The zero-order valence-corrected chi connectivity index (χ0v) is 14.1. The first-order chi connectivity index (χ1) is 11.4. The van der Waals surface area contributed by atoms with Crippen molar-refractivity contribution in [1.29, 1.82) is 0 Å². The molecule has 5 nitrogen and oxygen atoms in total. The van der Waals surface area contributed by atoms with E-state index in [9.17, 15) is 13.2 Å². The van der Waals surface area contributed by atoms with Crippen LogP contribution in [-0.2, 0) is 10.0 Å². The van der Waals surface area contributed by atoms with Crippen LogP contribution in [0.1, 0.15) is 11.1 Å². The van der Waals surface area contributed by atoms with Crippen molar-refractivity contribution in [3.05, 3.63) is 70.1 Å². The second-order valence-corrected chi connectivity index (χ2v) is 8.01. The fourth-order valence-electron chi connectivity index (χ4n) is 2.63. The fraction of sp³-hybridized carbons (Fsp3) is 0.0588. The van der Waals surface area contributed by atoms with Gasteiger partial charge in [-0.05, 0) is 36.8 Å². The summed E-state index contributed by atoms with van der Waals surface area (Å²) < 4.78 is 33.3. The van der Waals surface area contributed by atoms with E-state index in [0.717, 1.165) is 15.8 Å². The molecule has 0 N–H and O–H groups in total. The molecule has 7 heteroatoms. The minimum Gasteiger partial charge on any atom is -0.423 e. The monoisotopic (exact) mass is 357 g/mol. The summed E-state index contributed by atoms with van der Waals surface area (Å²) in [6.45, 7) is 1.84. The molecular weight excluding hydrogens is 346 g/mol. The van der Waals surface area contributed by atoms with Crippen LogP contribution in [0.5, 0.6) is 0 Å². The second kappa shape index (κ2) is 5.32. The number of benzene rings is 2. The number of fused-ring (bicyclic) bond motifs is 2. The van der Waals surface area contributed by atoms with Crippen molar-refractivity contribution in [2.75, 3.05) is 0 Å². The molecule has 0 bridgehead atoms. The van der Waals surface area contributed by atoms with Crippen molar-refractivity contribution >= 4 is 37.8 Å². The molecule has 0 atom stereocenters.